The molecule has 2 saturated heterocycles. The van der Waals surface area contributed by atoms with Gasteiger partial charge in [0.1, 0.15) is 12.8 Å². The molecule has 0 N–H and O–H groups in total. The Balaban J connectivity index is 1.60. The number of fused-ring (bicyclic) bond motifs is 1. The third-order valence-electron chi connectivity index (χ3n) is 3.87. The highest BCUT2D eigenvalue weighted by Gasteiger charge is 2.47. The smallest absolute Gasteiger partial charge is 0.352 e. The van der Waals surface area contributed by atoms with E-state index < -0.39 is 0 Å². The van der Waals surface area contributed by atoms with Crippen LogP contribution in [0.25, 0.3) is 0 Å². The molecule has 0 spiro atoms. The van der Waals surface area contributed by atoms with E-state index in [1.165, 1.54) is 0 Å². The normalized spacial score (nSPS) is 21.5. The van der Waals surface area contributed by atoms with Crippen LogP contribution in [0.3, 0.4) is 0 Å². The van der Waals surface area contributed by atoms with Gasteiger partial charge in [0.05, 0.1) is 6.54 Å². The molecule has 5 nitrogen and oxygen atoms in total. The van der Waals surface area contributed by atoms with E-state index >= 15 is 0 Å². The van der Waals surface area contributed by atoms with Crippen LogP contribution in [0.2, 0.25) is 0 Å². The van der Waals surface area contributed by atoms with Gasteiger partial charge < -0.3 is 9.74 Å². The average Bonchev–Trinajstić information content (AvgIpc) is 3.05. The summed E-state index contributed by atoms with van der Waals surface area (Å²) < 4.78 is 0. The first-order valence-electron chi connectivity index (χ1n) is 6.96. The summed E-state index contributed by atoms with van der Waals surface area (Å²) in [6, 6.07) is 19.8. The van der Waals surface area contributed by atoms with Crippen LogP contribution in [0, 0.1) is 0 Å². The third kappa shape index (κ3) is 2.02. The highest BCUT2D eigenvalue weighted by atomic mass is 16.7. The second kappa shape index (κ2) is 4.79. The van der Waals surface area contributed by atoms with Gasteiger partial charge in [-0.15, -0.1) is 0 Å². The van der Waals surface area contributed by atoms with Gasteiger partial charge in [-0.3, -0.25) is 4.90 Å². The molecule has 0 radical (unpaired) electrons. The Hall–Kier alpha value is -2.53. The van der Waals surface area contributed by atoms with Gasteiger partial charge in [0.2, 0.25) is 0 Å². The molecule has 2 fully saturated rings. The van der Waals surface area contributed by atoms with Gasteiger partial charge >= 0.3 is 6.09 Å². The molecule has 1 atom stereocenters. The molecule has 1 amide bonds. The first-order valence-corrected chi connectivity index (χ1v) is 6.96. The standard InChI is InChI=1S/C16H15N3O2/c20-16-19(14-9-5-2-6-10-14)15-11-17(12-18(15)21-16)13-7-3-1-4-8-13/h1-10,15H,11-12H2. The predicted molar refractivity (Wildman–Crippen MR) is 79.7 cm³/mol. The molecule has 5 heteroatoms. The fourth-order valence-corrected chi connectivity index (χ4v) is 2.87. The zero-order valence-electron chi connectivity index (χ0n) is 11.4. The van der Waals surface area contributed by atoms with Crippen molar-refractivity contribution in [1.29, 1.82) is 0 Å². The molecule has 0 aromatic heterocycles. The van der Waals surface area contributed by atoms with Gasteiger partial charge in [0.15, 0.2) is 0 Å². The predicted octanol–water partition coefficient (Wildman–Crippen LogP) is 2.66. The van der Waals surface area contributed by atoms with Crippen molar-refractivity contribution >= 4 is 17.5 Å². The lowest BCUT2D eigenvalue weighted by Crippen LogP contribution is -2.38. The number of carbonyl (C=O) groups excluding carboxylic acids is 1. The Morgan fingerprint density at radius 3 is 2.19 bits per heavy atom. The second-order valence-corrected chi connectivity index (χ2v) is 5.16. The number of anilines is 2. The molecule has 2 heterocycles. The third-order valence-corrected chi connectivity index (χ3v) is 3.87. The zero-order chi connectivity index (χ0) is 14.2. The van der Waals surface area contributed by atoms with Crippen LogP contribution in [0.1, 0.15) is 0 Å². The van der Waals surface area contributed by atoms with E-state index in [2.05, 4.69) is 17.0 Å². The summed E-state index contributed by atoms with van der Waals surface area (Å²) in [4.78, 5) is 21.4. The number of rotatable bonds is 2. The maximum atomic E-state index is 12.1. The van der Waals surface area contributed by atoms with Gasteiger partial charge in [-0.05, 0) is 24.3 Å². The summed E-state index contributed by atoms with van der Waals surface area (Å²) in [5.74, 6) is 0. The van der Waals surface area contributed by atoms with E-state index in [4.69, 9.17) is 4.84 Å². The summed E-state index contributed by atoms with van der Waals surface area (Å²) in [5, 5.41) is 1.74. The van der Waals surface area contributed by atoms with Crippen LogP contribution in [-0.4, -0.2) is 30.5 Å². The quantitative estimate of drug-likeness (QED) is 0.848. The molecular formula is C16H15N3O2. The minimum atomic E-state index is -0.307. The van der Waals surface area contributed by atoms with Crippen molar-refractivity contribution < 1.29 is 9.63 Å². The van der Waals surface area contributed by atoms with Gasteiger partial charge in [-0.2, -0.15) is 0 Å². The number of para-hydroxylation sites is 2. The number of nitrogens with zero attached hydrogens (tertiary/aromatic N) is 3. The first-order chi connectivity index (χ1) is 10.3. The molecule has 2 aliphatic rings. The van der Waals surface area contributed by atoms with Crippen molar-refractivity contribution in [2.45, 2.75) is 6.17 Å². The number of hydrogen-bond acceptors (Lipinski definition) is 4. The SMILES string of the molecule is O=C1ON2CN(c3ccccc3)CC2N1c1ccccc1. The Kier molecular flexibility index (Phi) is 2.79. The summed E-state index contributed by atoms with van der Waals surface area (Å²) >= 11 is 0. The highest BCUT2D eigenvalue weighted by Crippen LogP contribution is 2.32. The fraction of sp³-hybridized carbons (Fsp3) is 0.188. The minimum Gasteiger partial charge on any atom is -0.352 e. The van der Waals surface area contributed by atoms with Crippen LogP contribution in [0.5, 0.6) is 0 Å². The number of carbonyl (C=O) groups is 1. The Morgan fingerprint density at radius 2 is 1.52 bits per heavy atom. The van der Waals surface area contributed by atoms with E-state index in [9.17, 15) is 4.79 Å². The summed E-state index contributed by atoms with van der Waals surface area (Å²) in [7, 11) is 0. The molecule has 0 aliphatic carbocycles. The van der Waals surface area contributed by atoms with Gasteiger partial charge in [0.25, 0.3) is 0 Å². The van der Waals surface area contributed by atoms with Crippen molar-refractivity contribution in [3.63, 3.8) is 0 Å². The zero-order valence-corrected chi connectivity index (χ0v) is 11.4. The molecule has 1 unspecified atom stereocenters. The molecule has 0 bridgehead atoms. The molecule has 2 aromatic carbocycles. The van der Waals surface area contributed by atoms with Gasteiger partial charge in [-0.1, -0.05) is 41.5 Å². The lowest BCUT2D eigenvalue weighted by Gasteiger charge is -2.21. The number of hydrogen-bond donors (Lipinski definition) is 0. The van der Waals surface area contributed by atoms with Crippen LogP contribution < -0.4 is 9.80 Å². The maximum absolute atomic E-state index is 12.1. The van der Waals surface area contributed by atoms with E-state index in [0.717, 1.165) is 17.9 Å². The van der Waals surface area contributed by atoms with Crippen LogP contribution in [0.4, 0.5) is 16.2 Å². The topological polar surface area (TPSA) is 36.0 Å². The van der Waals surface area contributed by atoms with Crippen molar-refractivity contribution in [3.8, 4) is 0 Å². The molecule has 4 rings (SSSR count). The van der Waals surface area contributed by atoms with Gasteiger partial charge in [-0.25, -0.2) is 4.79 Å². The number of hydroxylamine groups is 2. The van der Waals surface area contributed by atoms with E-state index in [-0.39, 0.29) is 12.3 Å². The Bertz CT molecular complexity index is 647. The molecule has 21 heavy (non-hydrogen) atoms. The largest absolute Gasteiger partial charge is 0.435 e. The maximum Gasteiger partial charge on any atom is 0.435 e. The summed E-state index contributed by atoms with van der Waals surface area (Å²) in [6.45, 7) is 1.31. The first kappa shape index (κ1) is 12.2. The molecule has 106 valence electrons. The van der Waals surface area contributed by atoms with E-state index in [1.807, 2.05) is 48.5 Å². The summed E-state index contributed by atoms with van der Waals surface area (Å²) in [6.07, 6.45) is -0.390. The molecule has 2 aromatic rings. The second-order valence-electron chi connectivity index (χ2n) is 5.16. The number of amides is 1. The Morgan fingerprint density at radius 1 is 0.905 bits per heavy atom. The minimum absolute atomic E-state index is 0.0832. The van der Waals surface area contributed by atoms with Crippen molar-refractivity contribution in [3.05, 3.63) is 60.7 Å². The highest BCUT2D eigenvalue weighted by molar-refractivity contribution is 5.90. The molecule has 2 aliphatic heterocycles. The van der Waals surface area contributed by atoms with E-state index in [0.29, 0.717) is 6.67 Å². The van der Waals surface area contributed by atoms with Crippen molar-refractivity contribution in [1.82, 2.24) is 5.06 Å². The lowest BCUT2D eigenvalue weighted by atomic mass is 10.2. The van der Waals surface area contributed by atoms with Crippen LogP contribution in [-0.2, 0) is 4.84 Å². The lowest BCUT2D eigenvalue weighted by molar-refractivity contribution is -0.0656. The number of benzene rings is 2. The van der Waals surface area contributed by atoms with Crippen molar-refractivity contribution in [2.24, 2.45) is 0 Å². The summed E-state index contributed by atoms with van der Waals surface area (Å²) in [5.41, 5.74) is 2.00. The van der Waals surface area contributed by atoms with Gasteiger partial charge in [0, 0.05) is 11.4 Å². The fourth-order valence-electron chi connectivity index (χ4n) is 2.87. The molecule has 0 saturated carbocycles. The molecular weight excluding hydrogens is 266 g/mol. The Labute approximate surface area is 122 Å². The van der Waals surface area contributed by atoms with Crippen molar-refractivity contribution in [2.75, 3.05) is 23.0 Å². The monoisotopic (exact) mass is 281 g/mol. The average molecular weight is 281 g/mol. The van der Waals surface area contributed by atoms with Crippen LogP contribution in [0.15, 0.2) is 60.7 Å². The van der Waals surface area contributed by atoms with Crippen LogP contribution >= 0.6 is 0 Å². The van der Waals surface area contributed by atoms with E-state index in [1.54, 1.807) is 9.96 Å².